The maximum absolute atomic E-state index is 10.8. The molecule has 0 saturated heterocycles. The van der Waals surface area contributed by atoms with Crippen molar-refractivity contribution in [1.82, 2.24) is 0 Å². The van der Waals surface area contributed by atoms with Crippen LogP contribution in [0.4, 0.5) is 5.69 Å². The molecular formula is C12H17NO2. The molecule has 82 valence electrons. The van der Waals surface area contributed by atoms with Gasteiger partial charge in [0.25, 0.3) is 0 Å². The zero-order valence-corrected chi connectivity index (χ0v) is 9.25. The van der Waals surface area contributed by atoms with E-state index in [4.69, 9.17) is 0 Å². The van der Waals surface area contributed by atoms with Crippen molar-refractivity contribution >= 4 is 11.7 Å². The molecule has 0 atom stereocenters. The molecule has 0 bridgehead atoms. The van der Waals surface area contributed by atoms with Gasteiger partial charge in [-0.3, -0.25) is 4.79 Å². The van der Waals surface area contributed by atoms with E-state index in [-0.39, 0.29) is 5.97 Å². The second-order valence-electron chi connectivity index (χ2n) is 3.48. The van der Waals surface area contributed by atoms with E-state index < -0.39 is 0 Å². The molecule has 0 heterocycles. The molecule has 1 N–H and O–H groups in total. The van der Waals surface area contributed by atoms with Gasteiger partial charge in [0.15, 0.2) is 0 Å². The fourth-order valence-electron chi connectivity index (χ4n) is 1.32. The van der Waals surface area contributed by atoms with E-state index in [9.17, 15) is 4.79 Å². The highest BCUT2D eigenvalue weighted by Gasteiger charge is 1.98. The first-order valence-electron chi connectivity index (χ1n) is 5.09. The molecule has 1 rings (SSSR count). The summed E-state index contributed by atoms with van der Waals surface area (Å²) in [6.45, 7) is 2.85. The van der Waals surface area contributed by atoms with Crippen molar-refractivity contribution in [2.45, 2.75) is 19.8 Å². The summed E-state index contributed by atoms with van der Waals surface area (Å²) in [5, 5.41) is 3.26. The molecule has 0 saturated carbocycles. The van der Waals surface area contributed by atoms with Crippen molar-refractivity contribution in [2.75, 3.05) is 19.0 Å². The monoisotopic (exact) mass is 207 g/mol. The van der Waals surface area contributed by atoms with Gasteiger partial charge in [0.2, 0.25) is 0 Å². The zero-order chi connectivity index (χ0) is 11.1. The summed E-state index contributed by atoms with van der Waals surface area (Å²) in [7, 11) is 1.41. The Morgan fingerprint density at radius 3 is 2.93 bits per heavy atom. The van der Waals surface area contributed by atoms with Crippen LogP contribution in [0.1, 0.15) is 18.4 Å². The minimum atomic E-state index is -0.152. The molecule has 0 spiro atoms. The molecule has 15 heavy (non-hydrogen) atoms. The Morgan fingerprint density at radius 2 is 2.27 bits per heavy atom. The molecular weight excluding hydrogens is 190 g/mol. The second kappa shape index (κ2) is 6.06. The molecule has 3 nitrogen and oxygen atoms in total. The van der Waals surface area contributed by atoms with E-state index >= 15 is 0 Å². The molecule has 0 amide bonds. The summed E-state index contributed by atoms with van der Waals surface area (Å²) in [6, 6.07) is 8.17. The van der Waals surface area contributed by atoms with Crippen LogP contribution >= 0.6 is 0 Å². The lowest BCUT2D eigenvalue weighted by molar-refractivity contribution is -0.140. The smallest absolute Gasteiger partial charge is 0.305 e. The molecule has 0 aliphatic heterocycles. The van der Waals surface area contributed by atoms with Crippen LogP contribution in [0.25, 0.3) is 0 Å². The maximum Gasteiger partial charge on any atom is 0.305 e. The Kier molecular flexibility index (Phi) is 4.68. The van der Waals surface area contributed by atoms with Crippen molar-refractivity contribution in [1.29, 1.82) is 0 Å². The van der Waals surface area contributed by atoms with Gasteiger partial charge in [0, 0.05) is 18.7 Å². The molecule has 0 radical (unpaired) electrons. The van der Waals surface area contributed by atoms with Gasteiger partial charge in [-0.25, -0.2) is 0 Å². The summed E-state index contributed by atoms with van der Waals surface area (Å²) in [5.74, 6) is -0.152. The third-order valence-corrected chi connectivity index (χ3v) is 2.13. The van der Waals surface area contributed by atoms with E-state index in [1.54, 1.807) is 0 Å². The lowest BCUT2D eigenvalue weighted by atomic mass is 10.2. The Bertz CT molecular complexity index is 323. The second-order valence-corrected chi connectivity index (χ2v) is 3.48. The number of anilines is 1. The highest BCUT2D eigenvalue weighted by Crippen LogP contribution is 2.09. The van der Waals surface area contributed by atoms with E-state index in [0.717, 1.165) is 18.7 Å². The average Bonchev–Trinajstić information content (AvgIpc) is 2.24. The number of rotatable bonds is 5. The first-order valence-corrected chi connectivity index (χ1v) is 5.09. The summed E-state index contributed by atoms with van der Waals surface area (Å²) >= 11 is 0. The predicted molar refractivity (Wildman–Crippen MR) is 60.9 cm³/mol. The molecule has 0 aliphatic carbocycles. The summed E-state index contributed by atoms with van der Waals surface area (Å²) in [4.78, 5) is 10.8. The molecule has 1 aromatic rings. The Labute approximate surface area is 90.4 Å². The fourth-order valence-corrected chi connectivity index (χ4v) is 1.32. The summed E-state index contributed by atoms with van der Waals surface area (Å²) in [5.41, 5.74) is 2.33. The van der Waals surface area contributed by atoms with E-state index in [0.29, 0.717) is 6.42 Å². The molecule has 3 heteroatoms. The highest BCUT2D eigenvalue weighted by atomic mass is 16.5. The average molecular weight is 207 g/mol. The number of carbonyl (C=O) groups is 1. The van der Waals surface area contributed by atoms with Gasteiger partial charge in [0.1, 0.15) is 0 Å². The number of methoxy groups -OCH3 is 1. The Hall–Kier alpha value is -1.51. The lowest BCUT2D eigenvalue weighted by Gasteiger charge is -2.06. The van der Waals surface area contributed by atoms with Crippen LogP contribution in [0.5, 0.6) is 0 Å². The van der Waals surface area contributed by atoms with Crippen LogP contribution < -0.4 is 5.32 Å². The van der Waals surface area contributed by atoms with Crippen molar-refractivity contribution in [3.8, 4) is 0 Å². The van der Waals surface area contributed by atoms with Crippen LogP contribution in [0.15, 0.2) is 24.3 Å². The minimum Gasteiger partial charge on any atom is -0.469 e. The van der Waals surface area contributed by atoms with Crippen LogP contribution in [0.3, 0.4) is 0 Å². The van der Waals surface area contributed by atoms with Crippen LogP contribution in [-0.2, 0) is 9.53 Å². The Balaban J connectivity index is 2.23. The first-order chi connectivity index (χ1) is 7.22. The minimum absolute atomic E-state index is 0.152. The SMILES string of the molecule is COC(=O)CCCNc1cccc(C)c1. The number of carbonyl (C=O) groups excluding carboxylic acids is 1. The van der Waals surface area contributed by atoms with Crippen molar-refractivity contribution in [3.63, 3.8) is 0 Å². The lowest BCUT2D eigenvalue weighted by Crippen LogP contribution is -2.06. The number of aryl methyl sites for hydroxylation is 1. The van der Waals surface area contributed by atoms with E-state index in [1.807, 2.05) is 12.1 Å². The number of esters is 1. The summed E-state index contributed by atoms with van der Waals surface area (Å²) < 4.78 is 4.55. The van der Waals surface area contributed by atoms with Gasteiger partial charge in [-0.2, -0.15) is 0 Å². The zero-order valence-electron chi connectivity index (χ0n) is 9.25. The molecule has 1 aromatic carbocycles. The quantitative estimate of drug-likeness (QED) is 0.595. The largest absolute Gasteiger partial charge is 0.469 e. The van der Waals surface area contributed by atoms with E-state index in [2.05, 4.69) is 29.1 Å². The van der Waals surface area contributed by atoms with Gasteiger partial charge in [-0.1, -0.05) is 12.1 Å². The van der Waals surface area contributed by atoms with Gasteiger partial charge in [-0.15, -0.1) is 0 Å². The summed E-state index contributed by atoms with van der Waals surface area (Å²) in [6.07, 6.45) is 1.26. The van der Waals surface area contributed by atoms with Gasteiger partial charge < -0.3 is 10.1 Å². The van der Waals surface area contributed by atoms with Crippen molar-refractivity contribution < 1.29 is 9.53 Å². The van der Waals surface area contributed by atoms with Crippen molar-refractivity contribution in [3.05, 3.63) is 29.8 Å². The van der Waals surface area contributed by atoms with Gasteiger partial charge in [0.05, 0.1) is 7.11 Å². The maximum atomic E-state index is 10.8. The predicted octanol–water partition coefficient (Wildman–Crippen LogP) is 2.36. The molecule has 0 aliphatic rings. The first kappa shape index (κ1) is 11.6. The Morgan fingerprint density at radius 1 is 1.47 bits per heavy atom. The fraction of sp³-hybridized carbons (Fsp3) is 0.417. The number of ether oxygens (including phenoxy) is 1. The molecule has 0 unspecified atom stereocenters. The number of benzene rings is 1. The topological polar surface area (TPSA) is 38.3 Å². The molecule has 0 fully saturated rings. The van der Waals surface area contributed by atoms with E-state index in [1.165, 1.54) is 12.7 Å². The number of nitrogens with one attached hydrogen (secondary N) is 1. The highest BCUT2D eigenvalue weighted by molar-refractivity contribution is 5.69. The third kappa shape index (κ3) is 4.49. The van der Waals surface area contributed by atoms with Gasteiger partial charge >= 0.3 is 5.97 Å². The van der Waals surface area contributed by atoms with Crippen molar-refractivity contribution in [2.24, 2.45) is 0 Å². The third-order valence-electron chi connectivity index (χ3n) is 2.13. The number of hydrogen-bond donors (Lipinski definition) is 1. The number of hydrogen-bond acceptors (Lipinski definition) is 3. The van der Waals surface area contributed by atoms with Crippen LogP contribution in [0, 0.1) is 6.92 Å². The van der Waals surface area contributed by atoms with Crippen LogP contribution in [-0.4, -0.2) is 19.6 Å². The normalized spacial score (nSPS) is 9.73. The van der Waals surface area contributed by atoms with Gasteiger partial charge in [-0.05, 0) is 31.0 Å². The van der Waals surface area contributed by atoms with Crippen LogP contribution in [0.2, 0.25) is 0 Å². The standard InChI is InChI=1S/C12H17NO2/c1-10-5-3-6-11(9-10)13-8-4-7-12(14)15-2/h3,5-6,9,13H,4,7-8H2,1-2H3. The molecule has 0 aromatic heterocycles.